The summed E-state index contributed by atoms with van der Waals surface area (Å²) in [5.41, 5.74) is 0. The van der Waals surface area contributed by atoms with Gasteiger partial charge in [0.2, 0.25) is 5.91 Å². The molecule has 0 aromatic heterocycles. The molecule has 9 atom stereocenters. The Hall–Kier alpha value is -1.15. The second-order valence-corrected chi connectivity index (χ2v) is 20.7. The monoisotopic (exact) mass is 970 g/mol. The Morgan fingerprint density at radius 3 is 1.26 bits per heavy atom. The van der Waals surface area contributed by atoms with E-state index in [9.17, 15) is 40.5 Å². The molecule has 1 saturated heterocycles. The lowest BCUT2D eigenvalue weighted by atomic mass is 9.98. The quantitative estimate of drug-likeness (QED) is 0.0215. The Kier molecular flexibility index (Phi) is 44.7. The van der Waals surface area contributed by atoms with Crippen LogP contribution in [0.1, 0.15) is 277 Å². The number of carbonyl (C=O) groups is 1. The maximum atomic E-state index is 13.2. The first-order valence-corrected chi connectivity index (χ1v) is 29.1. The molecule has 404 valence electrons. The molecule has 0 radical (unpaired) electrons. The van der Waals surface area contributed by atoms with Crippen LogP contribution in [0.25, 0.3) is 0 Å². The highest BCUT2D eigenvalue weighted by Gasteiger charge is 2.44. The van der Waals surface area contributed by atoms with Gasteiger partial charge in [-0.05, 0) is 38.5 Å². The summed E-state index contributed by atoms with van der Waals surface area (Å²) in [5, 5.41) is 76.0. The topological polar surface area (TPSA) is 189 Å². The average Bonchev–Trinajstić information content (AvgIpc) is 3.34. The Morgan fingerprint density at radius 2 is 0.868 bits per heavy atom. The van der Waals surface area contributed by atoms with Gasteiger partial charge in [-0.3, -0.25) is 4.79 Å². The summed E-state index contributed by atoms with van der Waals surface area (Å²) in [4.78, 5) is 13.2. The number of unbranched alkanes of at least 4 members (excludes halogenated alkanes) is 36. The van der Waals surface area contributed by atoms with Gasteiger partial charge in [0, 0.05) is 0 Å². The fraction of sp³-hybridized carbons (Fsp3) is 0.947. The number of ether oxygens (including phenoxy) is 2. The third-order valence-electron chi connectivity index (χ3n) is 14.3. The largest absolute Gasteiger partial charge is 0.394 e. The maximum Gasteiger partial charge on any atom is 0.249 e. The van der Waals surface area contributed by atoms with E-state index in [2.05, 4.69) is 31.3 Å². The summed E-state index contributed by atoms with van der Waals surface area (Å²) in [6.45, 7) is 3.47. The van der Waals surface area contributed by atoms with Crippen LogP contribution >= 0.6 is 0 Å². The van der Waals surface area contributed by atoms with E-state index in [1.54, 1.807) is 0 Å². The van der Waals surface area contributed by atoms with Crippen molar-refractivity contribution in [1.29, 1.82) is 0 Å². The van der Waals surface area contributed by atoms with Gasteiger partial charge in [0.1, 0.15) is 36.6 Å². The molecule has 1 heterocycles. The normalized spacial score (nSPS) is 20.5. The van der Waals surface area contributed by atoms with E-state index in [0.717, 1.165) is 38.5 Å². The summed E-state index contributed by atoms with van der Waals surface area (Å²) >= 11 is 0. The zero-order valence-corrected chi connectivity index (χ0v) is 44.1. The molecule has 1 amide bonds. The maximum absolute atomic E-state index is 13.2. The molecule has 9 unspecified atom stereocenters. The van der Waals surface area contributed by atoms with Crippen molar-refractivity contribution < 1.29 is 50.0 Å². The van der Waals surface area contributed by atoms with Crippen molar-refractivity contribution in [1.82, 2.24) is 5.32 Å². The molecule has 8 N–H and O–H groups in total. The Labute approximate surface area is 417 Å². The molecule has 11 nitrogen and oxygen atoms in total. The number of rotatable bonds is 50. The van der Waals surface area contributed by atoms with Gasteiger partial charge in [0.15, 0.2) is 6.29 Å². The summed E-state index contributed by atoms with van der Waals surface area (Å²) in [5.74, 6) is -0.701. The van der Waals surface area contributed by atoms with Crippen LogP contribution in [0.15, 0.2) is 12.2 Å². The van der Waals surface area contributed by atoms with Gasteiger partial charge in [-0.15, -0.1) is 0 Å². The summed E-state index contributed by atoms with van der Waals surface area (Å²) in [6, 6.07) is -1.18. The minimum atomic E-state index is -1.66. The predicted molar refractivity (Wildman–Crippen MR) is 279 cm³/mol. The molecule has 0 bridgehead atoms. The molecule has 0 aliphatic carbocycles. The lowest BCUT2D eigenvalue weighted by Gasteiger charge is -2.40. The number of carbonyl (C=O) groups excluding carboxylic acids is 1. The van der Waals surface area contributed by atoms with Gasteiger partial charge in [0.05, 0.1) is 25.4 Å². The summed E-state index contributed by atoms with van der Waals surface area (Å²) in [6.07, 6.45) is 42.8. The molecule has 0 spiro atoms. The van der Waals surface area contributed by atoms with Crippen molar-refractivity contribution in [3.8, 4) is 0 Å². The van der Waals surface area contributed by atoms with Crippen molar-refractivity contribution >= 4 is 5.91 Å². The molecular weight excluding hydrogens is 859 g/mol. The van der Waals surface area contributed by atoms with Crippen LogP contribution in [0, 0.1) is 0 Å². The minimum Gasteiger partial charge on any atom is -0.394 e. The van der Waals surface area contributed by atoms with Gasteiger partial charge in [-0.1, -0.05) is 251 Å². The van der Waals surface area contributed by atoms with Crippen molar-refractivity contribution in [3.63, 3.8) is 0 Å². The number of aliphatic hydroxyl groups is 7. The lowest BCUT2D eigenvalue weighted by Crippen LogP contribution is -2.60. The van der Waals surface area contributed by atoms with E-state index in [-0.39, 0.29) is 12.8 Å². The van der Waals surface area contributed by atoms with E-state index >= 15 is 0 Å². The Balaban J connectivity index is 2.27. The van der Waals surface area contributed by atoms with Crippen LogP contribution in [-0.4, -0.2) is 110 Å². The van der Waals surface area contributed by atoms with Gasteiger partial charge < -0.3 is 50.5 Å². The highest BCUT2D eigenvalue weighted by molar-refractivity contribution is 5.80. The first-order chi connectivity index (χ1) is 33.2. The van der Waals surface area contributed by atoms with Crippen LogP contribution in [0.2, 0.25) is 0 Å². The molecule has 0 aromatic carbocycles. The molecule has 1 rings (SSSR count). The predicted octanol–water partition coefficient (Wildman–Crippen LogP) is 12.0. The number of hydrogen-bond acceptors (Lipinski definition) is 10. The lowest BCUT2D eigenvalue weighted by molar-refractivity contribution is -0.303. The zero-order chi connectivity index (χ0) is 49.7. The second-order valence-electron chi connectivity index (χ2n) is 20.7. The molecule has 1 aliphatic heterocycles. The van der Waals surface area contributed by atoms with E-state index in [1.807, 2.05) is 0 Å². The van der Waals surface area contributed by atoms with E-state index in [4.69, 9.17) is 9.47 Å². The van der Waals surface area contributed by atoms with E-state index < -0.39 is 74.2 Å². The molecule has 1 fully saturated rings. The van der Waals surface area contributed by atoms with E-state index in [1.165, 1.54) is 199 Å². The van der Waals surface area contributed by atoms with Crippen LogP contribution in [0.5, 0.6) is 0 Å². The van der Waals surface area contributed by atoms with Gasteiger partial charge in [0.25, 0.3) is 0 Å². The molecular formula is C57H111NO10. The number of allylic oxidation sites excluding steroid dienone is 2. The summed E-state index contributed by atoms with van der Waals surface area (Å²) in [7, 11) is 0. The van der Waals surface area contributed by atoms with Gasteiger partial charge in [-0.2, -0.15) is 0 Å². The fourth-order valence-corrected chi connectivity index (χ4v) is 9.56. The molecule has 0 aromatic rings. The first kappa shape index (κ1) is 64.9. The first-order valence-electron chi connectivity index (χ1n) is 29.1. The number of hydrogen-bond donors (Lipinski definition) is 8. The molecule has 1 aliphatic rings. The highest BCUT2D eigenvalue weighted by Crippen LogP contribution is 2.23. The standard InChI is InChI=1S/C57H111NO10/c1-3-5-7-9-11-13-15-17-19-20-21-22-23-24-25-26-27-28-29-31-33-35-37-39-41-43-45-50(61)56(66)58-48(47-67-57-55(65)54(64)53(63)51(46-59)68-57)52(62)49(60)44-42-40-38-36-34-32-30-18-16-14-12-10-8-6-4-2/h36,38,48-55,57,59-65H,3-35,37,39-47H2,1-2H3,(H,58,66)/b38-36+. The van der Waals surface area contributed by atoms with Crippen LogP contribution in [0.4, 0.5) is 0 Å². The van der Waals surface area contributed by atoms with Crippen molar-refractivity contribution in [2.24, 2.45) is 0 Å². The number of aliphatic hydroxyl groups excluding tert-OH is 7. The van der Waals surface area contributed by atoms with Crippen molar-refractivity contribution in [2.75, 3.05) is 13.2 Å². The smallest absolute Gasteiger partial charge is 0.249 e. The van der Waals surface area contributed by atoms with Crippen LogP contribution in [0.3, 0.4) is 0 Å². The van der Waals surface area contributed by atoms with Crippen molar-refractivity contribution in [2.45, 2.75) is 332 Å². The average molecular weight is 971 g/mol. The van der Waals surface area contributed by atoms with Crippen molar-refractivity contribution in [3.05, 3.63) is 12.2 Å². The number of amides is 1. The highest BCUT2D eigenvalue weighted by atomic mass is 16.7. The number of nitrogens with one attached hydrogen (secondary N) is 1. The zero-order valence-electron chi connectivity index (χ0n) is 44.1. The third kappa shape index (κ3) is 35.1. The van der Waals surface area contributed by atoms with Crippen LogP contribution in [-0.2, 0) is 14.3 Å². The second kappa shape index (κ2) is 46.9. The molecule has 68 heavy (non-hydrogen) atoms. The Morgan fingerprint density at radius 1 is 0.500 bits per heavy atom. The molecule has 11 heteroatoms. The van der Waals surface area contributed by atoms with Crippen LogP contribution < -0.4 is 5.32 Å². The summed E-state index contributed by atoms with van der Waals surface area (Å²) < 4.78 is 11.1. The SMILES string of the molecule is CCCCCCCCCCCC/C=C/CCCC(O)C(O)C(COC1OC(CO)C(O)C(O)C1O)NC(=O)C(O)CCCCCCCCCCCCCCCCCCCCCCCCCCCC. The third-order valence-corrected chi connectivity index (χ3v) is 14.3. The van der Waals surface area contributed by atoms with E-state index in [0.29, 0.717) is 12.8 Å². The fourth-order valence-electron chi connectivity index (χ4n) is 9.56. The van der Waals surface area contributed by atoms with Gasteiger partial charge in [-0.25, -0.2) is 0 Å². The van der Waals surface area contributed by atoms with Gasteiger partial charge >= 0.3 is 0 Å². The Bertz CT molecular complexity index is 1110. The molecule has 0 saturated carbocycles. The minimum absolute atomic E-state index is 0.260.